The van der Waals surface area contributed by atoms with Crippen molar-refractivity contribution in [3.8, 4) is 5.75 Å². The summed E-state index contributed by atoms with van der Waals surface area (Å²) in [6.07, 6.45) is 0. The number of hydrogen-bond acceptors (Lipinski definition) is 6. The number of nitrogens with one attached hydrogen (secondary N) is 2. The van der Waals surface area contributed by atoms with E-state index in [-0.39, 0.29) is 12.6 Å². The largest absolute Gasteiger partial charge is 0.494 e. The molecule has 8 nitrogen and oxygen atoms in total. The maximum atomic E-state index is 12.9. The summed E-state index contributed by atoms with van der Waals surface area (Å²) >= 11 is 0. The first-order chi connectivity index (χ1) is 13.6. The third-order valence-corrected chi connectivity index (χ3v) is 4.66. The van der Waals surface area contributed by atoms with Crippen LogP contribution in [-0.2, 0) is 14.3 Å². The van der Waals surface area contributed by atoms with Crippen LogP contribution in [0.4, 0.5) is 4.79 Å². The van der Waals surface area contributed by atoms with Gasteiger partial charge in [-0.25, -0.2) is 9.59 Å². The van der Waals surface area contributed by atoms with Crippen molar-refractivity contribution in [2.45, 2.75) is 19.9 Å². The van der Waals surface area contributed by atoms with Crippen LogP contribution in [0.25, 0.3) is 0 Å². The second kappa shape index (κ2) is 9.57. The lowest BCUT2D eigenvalue weighted by molar-refractivity contribution is -0.139. The molecule has 1 aromatic carbocycles. The van der Waals surface area contributed by atoms with Crippen molar-refractivity contribution >= 4 is 12.0 Å². The number of urea groups is 1. The molecule has 2 N–H and O–H groups in total. The smallest absolute Gasteiger partial charge is 0.338 e. The number of nitrogens with zero attached hydrogens (tertiary/aromatic N) is 1. The number of ether oxygens (including phenoxy) is 3. The summed E-state index contributed by atoms with van der Waals surface area (Å²) in [5, 5.41) is 5.67. The van der Waals surface area contributed by atoms with Crippen LogP contribution in [-0.4, -0.2) is 63.0 Å². The molecule has 2 aliphatic heterocycles. The van der Waals surface area contributed by atoms with E-state index in [0.29, 0.717) is 43.4 Å². The van der Waals surface area contributed by atoms with Crippen molar-refractivity contribution in [2.75, 3.05) is 46.1 Å². The lowest BCUT2D eigenvalue weighted by Crippen LogP contribution is -2.49. The van der Waals surface area contributed by atoms with Crippen LogP contribution >= 0.6 is 0 Å². The minimum atomic E-state index is -0.647. The summed E-state index contributed by atoms with van der Waals surface area (Å²) in [7, 11) is 0. The van der Waals surface area contributed by atoms with Gasteiger partial charge in [-0.2, -0.15) is 0 Å². The van der Waals surface area contributed by atoms with Gasteiger partial charge < -0.3 is 24.8 Å². The van der Waals surface area contributed by atoms with Crippen molar-refractivity contribution in [1.82, 2.24) is 15.5 Å². The molecule has 1 fully saturated rings. The minimum Gasteiger partial charge on any atom is -0.494 e. The fourth-order valence-corrected chi connectivity index (χ4v) is 3.41. The van der Waals surface area contributed by atoms with Crippen LogP contribution in [0.2, 0.25) is 0 Å². The second-order valence-electron chi connectivity index (χ2n) is 6.50. The Kier molecular flexibility index (Phi) is 6.89. The molecule has 0 radical (unpaired) electrons. The highest BCUT2D eigenvalue weighted by molar-refractivity contribution is 5.95. The van der Waals surface area contributed by atoms with E-state index in [0.717, 1.165) is 18.7 Å². The molecule has 2 aliphatic rings. The fraction of sp³-hybridized carbons (Fsp3) is 0.500. The van der Waals surface area contributed by atoms with E-state index < -0.39 is 12.0 Å². The van der Waals surface area contributed by atoms with Gasteiger partial charge >= 0.3 is 12.0 Å². The number of carbonyl (C=O) groups excluding carboxylic acids is 2. The van der Waals surface area contributed by atoms with Gasteiger partial charge in [-0.15, -0.1) is 0 Å². The topological polar surface area (TPSA) is 89.1 Å². The van der Waals surface area contributed by atoms with Gasteiger partial charge in [0.1, 0.15) is 5.75 Å². The van der Waals surface area contributed by atoms with Crippen LogP contribution in [0.1, 0.15) is 25.5 Å². The first-order valence-electron chi connectivity index (χ1n) is 9.63. The predicted octanol–water partition coefficient (Wildman–Crippen LogP) is 1.59. The van der Waals surface area contributed by atoms with Crippen LogP contribution in [0.5, 0.6) is 5.75 Å². The Morgan fingerprint density at radius 2 is 1.96 bits per heavy atom. The minimum absolute atomic E-state index is 0.251. The third kappa shape index (κ3) is 4.63. The summed E-state index contributed by atoms with van der Waals surface area (Å²) in [5.41, 5.74) is 1.68. The first kappa shape index (κ1) is 20.2. The van der Waals surface area contributed by atoms with Crippen molar-refractivity contribution in [3.63, 3.8) is 0 Å². The Morgan fingerprint density at radius 1 is 1.21 bits per heavy atom. The molecule has 0 aliphatic carbocycles. The second-order valence-corrected chi connectivity index (χ2v) is 6.50. The molecule has 0 unspecified atom stereocenters. The highest BCUT2D eigenvalue weighted by atomic mass is 16.5. The molecule has 3 rings (SSSR count). The molecule has 152 valence electrons. The van der Waals surface area contributed by atoms with Crippen molar-refractivity contribution in [1.29, 1.82) is 0 Å². The van der Waals surface area contributed by atoms with Gasteiger partial charge in [-0.05, 0) is 19.9 Å². The Morgan fingerprint density at radius 3 is 2.68 bits per heavy atom. The van der Waals surface area contributed by atoms with Gasteiger partial charge in [0.05, 0.1) is 38.0 Å². The molecule has 0 aromatic heterocycles. The molecule has 28 heavy (non-hydrogen) atoms. The number of morpholine rings is 1. The van der Waals surface area contributed by atoms with Gasteiger partial charge in [-0.1, -0.05) is 18.2 Å². The molecule has 0 bridgehead atoms. The summed E-state index contributed by atoms with van der Waals surface area (Å²) in [4.78, 5) is 27.4. The summed E-state index contributed by atoms with van der Waals surface area (Å²) in [6, 6.07) is 6.40. The quantitative estimate of drug-likeness (QED) is 0.689. The molecule has 8 heteroatoms. The number of hydrogen-bond donors (Lipinski definition) is 2. The average molecular weight is 389 g/mol. The van der Waals surface area contributed by atoms with Gasteiger partial charge in [0.25, 0.3) is 0 Å². The van der Waals surface area contributed by atoms with E-state index in [9.17, 15) is 9.59 Å². The lowest BCUT2D eigenvalue weighted by atomic mass is 9.94. The van der Waals surface area contributed by atoms with Crippen LogP contribution < -0.4 is 15.4 Å². The van der Waals surface area contributed by atoms with Crippen molar-refractivity contribution < 1.29 is 23.8 Å². The number of esters is 1. The highest BCUT2D eigenvalue weighted by Gasteiger charge is 2.35. The van der Waals surface area contributed by atoms with Crippen molar-refractivity contribution in [2.24, 2.45) is 0 Å². The van der Waals surface area contributed by atoms with Crippen molar-refractivity contribution in [3.05, 3.63) is 41.1 Å². The van der Waals surface area contributed by atoms with E-state index >= 15 is 0 Å². The van der Waals surface area contributed by atoms with E-state index in [1.165, 1.54) is 0 Å². The molecular weight excluding hydrogens is 362 g/mol. The zero-order valence-electron chi connectivity index (χ0n) is 16.3. The van der Waals surface area contributed by atoms with E-state index in [1.54, 1.807) is 6.92 Å². The average Bonchev–Trinajstić information content (AvgIpc) is 2.69. The number of amides is 2. The SMILES string of the molecule is CCOC(=O)C1=C(CN2CCOCC2)NC(=O)N[C@@H]1c1ccccc1OCC. The molecule has 0 saturated carbocycles. The standard InChI is InChI=1S/C20H27N3O5/c1-3-27-16-8-6-5-7-14(16)18-17(19(24)28-4-2)15(21-20(25)22-18)13-23-9-11-26-12-10-23/h5-8,18H,3-4,9-13H2,1-2H3,(H2,21,22,25)/t18-/m1/s1. The van der Waals surface area contributed by atoms with Crippen LogP contribution in [0.15, 0.2) is 35.5 Å². The molecule has 1 aromatic rings. The lowest BCUT2D eigenvalue weighted by Gasteiger charge is -2.33. The third-order valence-electron chi connectivity index (χ3n) is 4.66. The highest BCUT2D eigenvalue weighted by Crippen LogP contribution is 2.33. The zero-order valence-corrected chi connectivity index (χ0v) is 16.3. The van der Waals surface area contributed by atoms with Gasteiger partial charge in [0.2, 0.25) is 0 Å². The van der Waals surface area contributed by atoms with Gasteiger partial charge in [-0.3, -0.25) is 4.90 Å². The monoisotopic (exact) mass is 389 g/mol. The van der Waals surface area contributed by atoms with Crippen LogP contribution in [0.3, 0.4) is 0 Å². The molecule has 1 atom stereocenters. The maximum Gasteiger partial charge on any atom is 0.338 e. The Balaban J connectivity index is 2.01. The van der Waals surface area contributed by atoms with E-state index in [4.69, 9.17) is 14.2 Å². The zero-order chi connectivity index (χ0) is 19.9. The molecule has 2 amide bonds. The first-order valence-corrected chi connectivity index (χ1v) is 9.63. The Bertz CT molecular complexity index is 743. The van der Waals surface area contributed by atoms with E-state index in [1.807, 2.05) is 31.2 Å². The van der Waals surface area contributed by atoms with Gasteiger partial charge in [0.15, 0.2) is 0 Å². The summed E-state index contributed by atoms with van der Waals surface area (Å²) < 4.78 is 16.4. The molecule has 2 heterocycles. The normalized spacial score (nSPS) is 20.4. The summed E-state index contributed by atoms with van der Waals surface area (Å²) in [6.45, 7) is 7.57. The number of rotatable bonds is 7. The number of benzene rings is 1. The molecule has 0 spiro atoms. The predicted molar refractivity (Wildman–Crippen MR) is 103 cm³/mol. The molecular formula is C20H27N3O5. The summed E-state index contributed by atoms with van der Waals surface area (Å²) in [5.74, 6) is 0.180. The maximum absolute atomic E-state index is 12.9. The Hall–Kier alpha value is -2.58. The number of carbonyl (C=O) groups is 2. The number of para-hydroxylation sites is 1. The molecule has 1 saturated heterocycles. The fourth-order valence-electron chi connectivity index (χ4n) is 3.41. The Labute approximate surface area is 164 Å². The van der Waals surface area contributed by atoms with Crippen LogP contribution in [0, 0.1) is 0 Å². The van der Waals surface area contributed by atoms with Gasteiger partial charge in [0, 0.05) is 30.9 Å². The van der Waals surface area contributed by atoms with E-state index in [2.05, 4.69) is 15.5 Å².